The van der Waals surface area contributed by atoms with Crippen molar-refractivity contribution in [3.05, 3.63) is 69.8 Å². The van der Waals surface area contributed by atoms with Gasteiger partial charge in [-0.1, -0.05) is 46.3 Å². The van der Waals surface area contributed by atoms with E-state index in [-0.39, 0.29) is 5.78 Å². The summed E-state index contributed by atoms with van der Waals surface area (Å²) in [5.74, 6) is 0.126. The second-order valence-corrected chi connectivity index (χ2v) is 5.41. The van der Waals surface area contributed by atoms with Gasteiger partial charge in [-0.3, -0.25) is 4.79 Å². The predicted octanol–water partition coefficient (Wildman–Crippen LogP) is 4.03. The van der Waals surface area contributed by atoms with Crippen LogP contribution in [0.25, 0.3) is 6.08 Å². The summed E-state index contributed by atoms with van der Waals surface area (Å²) in [5, 5.41) is 3.21. The minimum Gasteiger partial charge on any atom is -0.352 e. The zero-order chi connectivity index (χ0) is 13.2. The molecule has 0 spiro atoms. The summed E-state index contributed by atoms with van der Waals surface area (Å²) < 4.78 is 1.03. The average Bonchev–Trinajstić information content (AvgIpc) is 2.42. The summed E-state index contributed by atoms with van der Waals surface area (Å²) >= 11 is 3.40. The van der Waals surface area contributed by atoms with Crippen LogP contribution in [-0.2, 0) is 11.2 Å². The molecule has 0 unspecified atom stereocenters. The van der Waals surface area contributed by atoms with Crippen LogP contribution >= 0.6 is 15.9 Å². The molecule has 0 saturated carbocycles. The monoisotopic (exact) mass is 313 g/mol. The smallest absolute Gasteiger partial charge is 0.183 e. The van der Waals surface area contributed by atoms with Crippen LogP contribution in [-0.4, -0.2) is 5.78 Å². The highest BCUT2D eigenvalue weighted by Crippen LogP contribution is 2.25. The number of hydrogen-bond donors (Lipinski definition) is 1. The first-order valence-electron chi connectivity index (χ1n) is 6.08. The van der Waals surface area contributed by atoms with Gasteiger partial charge in [0.2, 0.25) is 0 Å². The quantitative estimate of drug-likeness (QED) is 0.805. The highest BCUT2D eigenvalue weighted by atomic mass is 79.9. The van der Waals surface area contributed by atoms with Crippen LogP contribution in [0.15, 0.2) is 58.7 Å². The third kappa shape index (κ3) is 2.61. The van der Waals surface area contributed by atoms with Gasteiger partial charge in [-0.25, -0.2) is 0 Å². The van der Waals surface area contributed by atoms with E-state index in [1.807, 2.05) is 54.6 Å². The molecule has 0 atom stereocenters. The maximum absolute atomic E-state index is 12.1. The van der Waals surface area contributed by atoms with Crippen LogP contribution in [0.2, 0.25) is 0 Å². The molecule has 1 aliphatic heterocycles. The van der Waals surface area contributed by atoms with E-state index < -0.39 is 0 Å². The molecule has 0 bridgehead atoms. The van der Waals surface area contributed by atoms with E-state index in [9.17, 15) is 4.79 Å². The van der Waals surface area contributed by atoms with Gasteiger partial charge in [0.15, 0.2) is 5.78 Å². The van der Waals surface area contributed by atoms with Crippen molar-refractivity contribution in [3.8, 4) is 0 Å². The van der Waals surface area contributed by atoms with Crippen LogP contribution in [0.4, 0.5) is 5.69 Å². The Morgan fingerprint density at radius 2 is 1.79 bits per heavy atom. The van der Waals surface area contributed by atoms with Gasteiger partial charge in [0.25, 0.3) is 0 Å². The van der Waals surface area contributed by atoms with Crippen molar-refractivity contribution in [2.45, 2.75) is 6.42 Å². The molecule has 0 saturated heterocycles. The molecule has 0 amide bonds. The molecular formula is C16H12BrNO. The fourth-order valence-corrected chi connectivity index (χ4v) is 2.39. The number of para-hydroxylation sites is 1. The second-order valence-electron chi connectivity index (χ2n) is 4.49. The Hall–Kier alpha value is -1.87. The first kappa shape index (κ1) is 12.2. The van der Waals surface area contributed by atoms with E-state index in [0.717, 1.165) is 21.3 Å². The number of halogens is 1. The Balaban J connectivity index is 1.94. The molecule has 94 valence electrons. The molecule has 2 nitrogen and oxygen atoms in total. The van der Waals surface area contributed by atoms with Crippen molar-refractivity contribution in [2.24, 2.45) is 0 Å². The van der Waals surface area contributed by atoms with Crippen molar-refractivity contribution in [1.82, 2.24) is 0 Å². The number of nitrogens with one attached hydrogen (secondary N) is 1. The Kier molecular flexibility index (Phi) is 3.22. The Labute approximate surface area is 120 Å². The number of rotatable bonds is 1. The minimum atomic E-state index is 0.126. The number of anilines is 1. The van der Waals surface area contributed by atoms with E-state index in [1.54, 1.807) is 0 Å². The lowest BCUT2D eigenvalue weighted by molar-refractivity contribution is -0.114. The first-order valence-corrected chi connectivity index (χ1v) is 6.87. The third-order valence-corrected chi connectivity index (χ3v) is 3.65. The van der Waals surface area contributed by atoms with Crippen LogP contribution in [0.3, 0.4) is 0 Å². The standard InChI is InChI=1S/C16H12BrNO/c17-13-7-5-11(6-8-13)9-15-16(19)10-12-3-1-2-4-14(12)18-15/h1-9,18H,10H2/b15-9-. The zero-order valence-corrected chi connectivity index (χ0v) is 11.8. The van der Waals surface area contributed by atoms with Crippen LogP contribution < -0.4 is 5.32 Å². The molecule has 0 aliphatic carbocycles. The SMILES string of the molecule is O=C1Cc2ccccc2N/C1=C\c1ccc(Br)cc1. The summed E-state index contributed by atoms with van der Waals surface area (Å²) in [6.07, 6.45) is 2.36. The van der Waals surface area contributed by atoms with Gasteiger partial charge >= 0.3 is 0 Å². The number of carbonyl (C=O) groups excluding carboxylic acids is 1. The highest BCUT2D eigenvalue weighted by Gasteiger charge is 2.19. The molecule has 19 heavy (non-hydrogen) atoms. The van der Waals surface area contributed by atoms with Crippen LogP contribution in [0.5, 0.6) is 0 Å². The number of benzene rings is 2. The number of allylic oxidation sites excluding steroid dienone is 1. The molecule has 3 rings (SSSR count). The Bertz CT molecular complexity index is 659. The minimum absolute atomic E-state index is 0.126. The molecule has 3 heteroatoms. The lowest BCUT2D eigenvalue weighted by Gasteiger charge is -2.19. The van der Waals surface area contributed by atoms with Gasteiger partial charge in [-0.2, -0.15) is 0 Å². The predicted molar refractivity (Wildman–Crippen MR) is 80.9 cm³/mol. The molecule has 1 heterocycles. The zero-order valence-electron chi connectivity index (χ0n) is 10.2. The Morgan fingerprint density at radius 3 is 2.58 bits per heavy atom. The van der Waals surface area contributed by atoms with E-state index in [1.165, 1.54) is 0 Å². The van der Waals surface area contributed by atoms with Gasteiger partial charge in [0, 0.05) is 16.6 Å². The van der Waals surface area contributed by atoms with Crippen molar-refractivity contribution in [1.29, 1.82) is 0 Å². The van der Waals surface area contributed by atoms with Crippen molar-refractivity contribution in [2.75, 3.05) is 5.32 Å². The van der Waals surface area contributed by atoms with E-state index in [4.69, 9.17) is 0 Å². The second kappa shape index (κ2) is 5.02. The van der Waals surface area contributed by atoms with Gasteiger partial charge in [0.05, 0.1) is 5.70 Å². The first-order chi connectivity index (χ1) is 9.22. The molecule has 2 aromatic carbocycles. The lowest BCUT2D eigenvalue weighted by Crippen LogP contribution is -2.20. The van der Waals surface area contributed by atoms with Crippen LogP contribution in [0.1, 0.15) is 11.1 Å². The largest absolute Gasteiger partial charge is 0.352 e. The van der Waals surface area contributed by atoms with Gasteiger partial charge in [0.1, 0.15) is 0 Å². The highest BCUT2D eigenvalue weighted by molar-refractivity contribution is 9.10. The molecule has 1 aliphatic rings. The normalized spacial score (nSPS) is 16.1. The van der Waals surface area contributed by atoms with Crippen molar-refractivity contribution >= 4 is 33.5 Å². The fraction of sp³-hybridized carbons (Fsp3) is 0.0625. The van der Waals surface area contributed by atoms with Gasteiger partial charge in [-0.05, 0) is 35.4 Å². The molecule has 2 aromatic rings. The summed E-state index contributed by atoms with van der Waals surface area (Å²) in [4.78, 5) is 12.1. The van der Waals surface area contributed by atoms with Crippen LogP contribution in [0, 0.1) is 0 Å². The van der Waals surface area contributed by atoms with Gasteiger partial charge < -0.3 is 5.32 Å². The number of carbonyl (C=O) groups is 1. The maximum atomic E-state index is 12.1. The average molecular weight is 314 g/mol. The summed E-state index contributed by atoms with van der Waals surface area (Å²) in [5.41, 5.74) is 3.74. The molecule has 0 aromatic heterocycles. The lowest BCUT2D eigenvalue weighted by atomic mass is 9.99. The number of hydrogen-bond acceptors (Lipinski definition) is 2. The number of fused-ring (bicyclic) bond motifs is 1. The topological polar surface area (TPSA) is 29.1 Å². The van der Waals surface area contributed by atoms with E-state index >= 15 is 0 Å². The maximum Gasteiger partial charge on any atom is 0.183 e. The van der Waals surface area contributed by atoms with E-state index in [0.29, 0.717) is 12.1 Å². The third-order valence-electron chi connectivity index (χ3n) is 3.12. The molecule has 1 N–H and O–H groups in total. The summed E-state index contributed by atoms with van der Waals surface area (Å²) in [6.45, 7) is 0. The van der Waals surface area contributed by atoms with E-state index in [2.05, 4.69) is 21.2 Å². The summed E-state index contributed by atoms with van der Waals surface area (Å²) in [7, 11) is 0. The number of Topliss-reactive ketones (excluding diaryl/α,β-unsaturated/α-hetero) is 1. The molecular weight excluding hydrogens is 302 g/mol. The Morgan fingerprint density at radius 1 is 1.05 bits per heavy atom. The van der Waals surface area contributed by atoms with Crippen molar-refractivity contribution in [3.63, 3.8) is 0 Å². The fourth-order valence-electron chi connectivity index (χ4n) is 2.12. The van der Waals surface area contributed by atoms with Gasteiger partial charge in [-0.15, -0.1) is 0 Å². The van der Waals surface area contributed by atoms with Crippen molar-refractivity contribution < 1.29 is 4.79 Å². The number of ketones is 1. The summed E-state index contributed by atoms with van der Waals surface area (Å²) in [6, 6.07) is 15.8. The molecule has 0 fully saturated rings. The molecule has 0 radical (unpaired) electrons.